The van der Waals surface area contributed by atoms with E-state index in [1.54, 1.807) is 16.2 Å². The average Bonchev–Trinajstić information content (AvgIpc) is 2.86. The largest absolute Gasteiger partial charge is 0.355 e. The summed E-state index contributed by atoms with van der Waals surface area (Å²) < 4.78 is 3.36. The molecule has 0 spiro atoms. The van der Waals surface area contributed by atoms with E-state index in [9.17, 15) is 4.79 Å². The number of anilines is 1. The number of nitrogens with zero attached hydrogens (tertiary/aromatic N) is 6. The quantitative estimate of drug-likeness (QED) is 0.654. The highest BCUT2D eigenvalue weighted by molar-refractivity contribution is 5.86. The van der Waals surface area contributed by atoms with Crippen molar-refractivity contribution in [2.24, 2.45) is 7.05 Å². The summed E-state index contributed by atoms with van der Waals surface area (Å²) in [5.41, 5.74) is 4.87. The molecule has 0 atom stereocenters. The lowest BCUT2D eigenvalue weighted by Gasteiger charge is -2.23. The van der Waals surface area contributed by atoms with Crippen molar-refractivity contribution in [3.8, 4) is 5.69 Å². The minimum atomic E-state index is -0.125. The summed E-state index contributed by atoms with van der Waals surface area (Å²) in [4.78, 5) is 29.5. The van der Waals surface area contributed by atoms with Crippen LogP contribution in [-0.4, -0.2) is 37.2 Å². The first-order valence-electron chi connectivity index (χ1n) is 9.96. The van der Waals surface area contributed by atoms with E-state index in [2.05, 4.69) is 28.7 Å². The van der Waals surface area contributed by atoms with Gasteiger partial charge in [-0.2, -0.15) is 0 Å². The second-order valence-electron chi connectivity index (χ2n) is 7.39. The first kappa shape index (κ1) is 20.0. The summed E-state index contributed by atoms with van der Waals surface area (Å²) in [6, 6.07) is 2.00. The normalized spacial score (nSPS) is 11.4. The number of aromatic nitrogens is 5. The molecule has 28 heavy (non-hydrogen) atoms. The molecule has 0 unspecified atom stereocenters. The highest BCUT2D eigenvalue weighted by Crippen LogP contribution is 2.27. The summed E-state index contributed by atoms with van der Waals surface area (Å²) in [5.74, 6) is 1.49. The fraction of sp³-hybridized carbons (Fsp3) is 0.524. The maximum absolute atomic E-state index is 13.3. The maximum Gasteiger partial charge on any atom is 0.334 e. The zero-order valence-corrected chi connectivity index (χ0v) is 18.0. The van der Waals surface area contributed by atoms with Crippen molar-refractivity contribution in [2.75, 3.05) is 18.0 Å². The van der Waals surface area contributed by atoms with E-state index in [0.717, 1.165) is 59.9 Å². The molecule has 0 aliphatic carbocycles. The molecule has 0 saturated carbocycles. The monoisotopic (exact) mass is 382 g/mol. The lowest BCUT2D eigenvalue weighted by molar-refractivity contribution is 0.721. The number of fused-ring (bicyclic) bond motifs is 1. The van der Waals surface area contributed by atoms with Gasteiger partial charge in [-0.15, -0.1) is 0 Å². The maximum atomic E-state index is 13.3. The Morgan fingerprint density at radius 3 is 2.39 bits per heavy atom. The average molecular weight is 383 g/mol. The topological polar surface area (TPSA) is 68.8 Å². The second kappa shape index (κ2) is 7.73. The molecule has 0 radical (unpaired) electrons. The molecule has 0 N–H and O–H groups in total. The molecule has 0 fully saturated rings. The zero-order chi connectivity index (χ0) is 20.6. The predicted octanol–water partition coefficient (Wildman–Crippen LogP) is 3.37. The number of hydrogen-bond donors (Lipinski definition) is 0. The van der Waals surface area contributed by atoms with Crippen LogP contribution in [0.5, 0.6) is 0 Å². The van der Waals surface area contributed by atoms with Crippen LogP contribution in [0.1, 0.15) is 49.5 Å². The Hall–Kier alpha value is -2.70. The predicted molar refractivity (Wildman–Crippen MR) is 114 cm³/mol. The van der Waals surface area contributed by atoms with Crippen LogP contribution in [0.15, 0.2) is 10.9 Å². The van der Waals surface area contributed by atoms with Crippen LogP contribution in [0, 0.1) is 27.7 Å². The van der Waals surface area contributed by atoms with E-state index in [1.807, 2.05) is 33.8 Å². The molecule has 7 heteroatoms. The second-order valence-corrected chi connectivity index (χ2v) is 7.39. The number of pyridine rings is 1. The van der Waals surface area contributed by atoms with Crippen LogP contribution in [0.25, 0.3) is 16.9 Å². The molecule has 0 amide bonds. The summed E-state index contributed by atoms with van der Waals surface area (Å²) in [7, 11) is 1.79. The van der Waals surface area contributed by atoms with Crippen molar-refractivity contribution < 1.29 is 0 Å². The summed E-state index contributed by atoms with van der Waals surface area (Å²) in [6.07, 6.45) is 2.18. The number of unbranched alkanes of at least 4 members (excludes halogenated alkanes) is 1. The van der Waals surface area contributed by atoms with Gasteiger partial charge in [-0.1, -0.05) is 13.3 Å². The molecule has 0 saturated heterocycles. The van der Waals surface area contributed by atoms with E-state index in [1.165, 1.54) is 0 Å². The van der Waals surface area contributed by atoms with Gasteiger partial charge in [0.1, 0.15) is 11.3 Å². The van der Waals surface area contributed by atoms with E-state index in [0.29, 0.717) is 11.5 Å². The minimum absolute atomic E-state index is 0.125. The summed E-state index contributed by atoms with van der Waals surface area (Å²) >= 11 is 0. The Morgan fingerprint density at radius 1 is 1.07 bits per heavy atom. The SMILES string of the molecule is CCCCN(CC)c1nc(C)nc2c1n(C)c(=O)n2-c1c(C)cc(C)nc1C. The fourth-order valence-electron chi connectivity index (χ4n) is 3.87. The van der Waals surface area contributed by atoms with Gasteiger partial charge in [-0.05, 0) is 52.7 Å². The van der Waals surface area contributed by atoms with Gasteiger partial charge in [0, 0.05) is 25.8 Å². The third kappa shape index (κ3) is 3.30. The zero-order valence-electron chi connectivity index (χ0n) is 18.0. The number of imidazole rings is 1. The Bertz CT molecular complexity index is 1060. The molecular formula is C21H30N6O. The molecule has 3 aromatic heterocycles. The highest BCUT2D eigenvalue weighted by atomic mass is 16.1. The molecule has 150 valence electrons. The molecule has 3 aromatic rings. The van der Waals surface area contributed by atoms with E-state index < -0.39 is 0 Å². The number of hydrogen-bond acceptors (Lipinski definition) is 5. The molecule has 3 rings (SSSR count). The van der Waals surface area contributed by atoms with Crippen LogP contribution in [0.4, 0.5) is 5.82 Å². The molecule has 3 heterocycles. The third-order valence-corrected chi connectivity index (χ3v) is 5.16. The van der Waals surface area contributed by atoms with Gasteiger partial charge in [0.25, 0.3) is 0 Å². The van der Waals surface area contributed by atoms with Crippen LogP contribution < -0.4 is 10.6 Å². The van der Waals surface area contributed by atoms with Crippen molar-refractivity contribution >= 4 is 17.0 Å². The Kier molecular flexibility index (Phi) is 5.54. The first-order chi connectivity index (χ1) is 13.3. The Labute approximate surface area is 166 Å². The van der Waals surface area contributed by atoms with Crippen molar-refractivity contribution in [1.29, 1.82) is 0 Å². The van der Waals surface area contributed by atoms with Gasteiger partial charge in [-0.25, -0.2) is 19.3 Å². The van der Waals surface area contributed by atoms with Gasteiger partial charge in [-0.3, -0.25) is 9.55 Å². The standard InChI is InChI=1S/C21H30N6O/c1-8-10-11-26(9-2)19-18-20(24-16(6)23-19)27(21(28)25(18)7)17-13(3)12-14(4)22-15(17)5/h12H,8-11H2,1-7H3. The smallest absolute Gasteiger partial charge is 0.334 e. The minimum Gasteiger partial charge on any atom is -0.355 e. The van der Waals surface area contributed by atoms with Crippen LogP contribution in [0.3, 0.4) is 0 Å². The lowest BCUT2D eigenvalue weighted by atomic mass is 10.1. The molecule has 7 nitrogen and oxygen atoms in total. The molecule has 0 aliphatic rings. The number of aryl methyl sites for hydroxylation is 5. The van der Waals surface area contributed by atoms with Gasteiger partial charge in [0.05, 0.1) is 11.4 Å². The van der Waals surface area contributed by atoms with E-state index in [-0.39, 0.29) is 5.69 Å². The van der Waals surface area contributed by atoms with Crippen molar-refractivity contribution in [3.05, 3.63) is 39.3 Å². The summed E-state index contributed by atoms with van der Waals surface area (Å²) in [5, 5.41) is 0. The van der Waals surface area contributed by atoms with Gasteiger partial charge in [0.2, 0.25) is 0 Å². The van der Waals surface area contributed by atoms with Crippen LogP contribution in [0.2, 0.25) is 0 Å². The van der Waals surface area contributed by atoms with Crippen molar-refractivity contribution in [3.63, 3.8) is 0 Å². The first-order valence-corrected chi connectivity index (χ1v) is 9.96. The van der Waals surface area contributed by atoms with Crippen molar-refractivity contribution in [2.45, 2.75) is 54.4 Å². The Morgan fingerprint density at radius 2 is 1.79 bits per heavy atom. The van der Waals surface area contributed by atoms with Crippen molar-refractivity contribution in [1.82, 2.24) is 24.1 Å². The summed E-state index contributed by atoms with van der Waals surface area (Å²) in [6.45, 7) is 13.8. The van der Waals surface area contributed by atoms with Gasteiger partial charge < -0.3 is 4.90 Å². The van der Waals surface area contributed by atoms with E-state index >= 15 is 0 Å². The fourth-order valence-corrected chi connectivity index (χ4v) is 3.87. The lowest BCUT2D eigenvalue weighted by Crippen LogP contribution is -2.26. The van der Waals surface area contributed by atoms with Crippen LogP contribution in [-0.2, 0) is 7.05 Å². The molecular weight excluding hydrogens is 352 g/mol. The third-order valence-electron chi connectivity index (χ3n) is 5.16. The number of rotatable bonds is 6. The Balaban J connectivity index is 2.37. The van der Waals surface area contributed by atoms with Gasteiger partial charge >= 0.3 is 5.69 Å². The van der Waals surface area contributed by atoms with Gasteiger partial charge in [0.15, 0.2) is 11.5 Å². The molecule has 0 aromatic carbocycles. The van der Waals surface area contributed by atoms with E-state index in [4.69, 9.17) is 4.98 Å². The molecule has 0 bridgehead atoms. The van der Waals surface area contributed by atoms with Crippen LogP contribution >= 0.6 is 0 Å². The molecule has 0 aliphatic heterocycles. The highest BCUT2D eigenvalue weighted by Gasteiger charge is 2.23.